The van der Waals surface area contributed by atoms with Gasteiger partial charge in [0.05, 0.1) is 12.5 Å². The Morgan fingerprint density at radius 3 is 2.86 bits per heavy atom. The van der Waals surface area contributed by atoms with Crippen LogP contribution >= 0.6 is 0 Å². The van der Waals surface area contributed by atoms with Crippen LogP contribution in [0.1, 0.15) is 43.1 Å². The number of rotatable bonds is 1. The van der Waals surface area contributed by atoms with Crippen LogP contribution < -0.4 is 0 Å². The van der Waals surface area contributed by atoms with E-state index in [1.807, 2.05) is 9.80 Å². The molecule has 1 N–H and O–H groups in total. The largest absolute Gasteiger partial charge is 0.343 e. The number of hydrogen-bond acceptors (Lipinski definition) is 3. The predicted molar refractivity (Wildman–Crippen MR) is 77.6 cm³/mol. The number of likely N-dealkylation sites (tertiary alicyclic amines) is 2. The van der Waals surface area contributed by atoms with Gasteiger partial charge in [0.1, 0.15) is 5.69 Å². The summed E-state index contributed by atoms with van der Waals surface area (Å²) in [7, 11) is 0. The summed E-state index contributed by atoms with van der Waals surface area (Å²) in [5.41, 5.74) is 0.560. The zero-order valence-electron chi connectivity index (χ0n) is 12.4. The van der Waals surface area contributed by atoms with E-state index in [0.29, 0.717) is 11.6 Å². The van der Waals surface area contributed by atoms with Crippen molar-refractivity contribution in [1.29, 1.82) is 0 Å². The van der Waals surface area contributed by atoms with Crippen LogP contribution in [0.25, 0.3) is 0 Å². The van der Waals surface area contributed by atoms with Gasteiger partial charge in [0, 0.05) is 32.6 Å². The van der Waals surface area contributed by atoms with Gasteiger partial charge in [-0.1, -0.05) is 6.42 Å². The molecule has 0 unspecified atom stereocenters. The fourth-order valence-corrected chi connectivity index (χ4v) is 3.63. The van der Waals surface area contributed by atoms with Gasteiger partial charge in [-0.2, -0.15) is 0 Å². The summed E-state index contributed by atoms with van der Waals surface area (Å²) >= 11 is 0. The molecule has 0 spiro atoms. The van der Waals surface area contributed by atoms with Crippen LogP contribution in [0, 0.1) is 5.92 Å². The highest BCUT2D eigenvalue weighted by Crippen LogP contribution is 2.30. The smallest absolute Gasteiger partial charge is 0.272 e. The second-order valence-electron chi connectivity index (χ2n) is 6.04. The second-order valence-corrected chi connectivity index (χ2v) is 6.04. The molecular weight excluding hydrogens is 268 g/mol. The number of fused-ring (bicyclic) bond motifs is 1. The fraction of sp³-hybridized carbons (Fsp3) is 0.667. The minimum Gasteiger partial charge on any atom is -0.343 e. The van der Waals surface area contributed by atoms with Crippen molar-refractivity contribution in [3.8, 4) is 0 Å². The highest BCUT2D eigenvalue weighted by atomic mass is 16.2. The zero-order valence-corrected chi connectivity index (χ0v) is 12.4. The number of amides is 2. The van der Waals surface area contributed by atoms with Gasteiger partial charge in [-0.25, -0.2) is 4.98 Å². The number of H-pyrrole nitrogens is 1. The molecule has 0 saturated carbocycles. The molecule has 2 aliphatic heterocycles. The zero-order chi connectivity index (χ0) is 14.8. The SMILES string of the molecule is CC(=O)N1CC[C@@H]2[C@H](CCCCN2C(=O)c2cnc[nH]2)C1. The highest BCUT2D eigenvalue weighted by Gasteiger charge is 2.37. The van der Waals surface area contributed by atoms with E-state index in [1.165, 1.54) is 0 Å². The van der Waals surface area contributed by atoms with E-state index < -0.39 is 0 Å². The molecule has 2 aliphatic rings. The summed E-state index contributed by atoms with van der Waals surface area (Å²) in [4.78, 5) is 35.0. The van der Waals surface area contributed by atoms with Gasteiger partial charge in [0.25, 0.3) is 5.91 Å². The Hall–Kier alpha value is -1.85. The predicted octanol–water partition coefficient (Wildman–Crippen LogP) is 1.27. The number of hydrogen-bond donors (Lipinski definition) is 1. The van der Waals surface area contributed by atoms with Crippen molar-refractivity contribution in [3.63, 3.8) is 0 Å². The van der Waals surface area contributed by atoms with Gasteiger partial charge in [0.15, 0.2) is 0 Å². The van der Waals surface area contributed by atoms with E-state index in [-0.39, 0.29) is 17.9 Å². The summed E-state index contributed by atoms with van der Waals surface area (Å²) < 4.78 is 0. The molecule has 6 nitrogen and oxygen atoms in total. The summed E-state index contributed by atoms with van der Waals surface area (Å²) in [5, 5.41) is 0. The number of carbonyl (C=O) groups excluding carboxylic acids is 2. The molecule has 3 heterocycles. The molecule has 0 radical (unpaired) electrons. The first-order chi connectivity index (χ1) is 10.2. The number of imidazole rings is 1. The maximum Gasteiger partial charge on any atom is 0.272 e. The number of carbonyl (C=O) groups is 2. The number of aromatic amines is 1. The Morgan fingerprint density at radius 2 is 2.14 bits per heavy atom. The van der Waals surface area contributed by atoms with Gasteiger partial charge >= 0.3 is 0 Å². The molecule has 6 heteroatoms. The first-order valence-electron chi connectivity index (χ1n) is 7.71. The lowest BCUT2D eigenvalue weighted by molar-refractivity contribution is -0.131. The van der Waals surface area contributed by atoms with E-state index in [1.54, 1.807) is 19.4 Å². The Bertz CT molecular complexity index is 514. The molecule has 0 aliphatic carbocycles. The van der Waals surface area contributed by atoms with Crippen molar-refractivity contribution in [2.24, 2.45) is 5.92 Å². The lowest BCUT2D eigenvalue weighted by Crippen LogP contribution is -2.53. The highest BCUT2D eigenvalue weighted by molar-refractivity contribution is 5.92. The van der Waals surface area contributed by atoms with E-state index in [2.05, 4.69) is 9.97 Å². The van der Waals surface area contributed by atoms with Crippen molar-refractivity contribution in [2.75, 3.05) is 19.6 Å². The Kier molecular flexibility index (Phi) is 3.94. The molecule has 2 atom stereocenters. The van der Waals surface area contributed by atoms with Gasteiger partial charge < -0.3 is 14.8 Å². The number of nitrogens with zero attached hydrogens (tertiary/aromatic N) is 3. The fourth-order valence-electron chi connectivity index (χ4n) is 3.63. The molecule has 0 aromatic carbocycles. The molecule has 21 heavy (non-hydrogen) atoms. The summed E-state index contributed by atoms with van der Waals surface area (Å²) in [5.74, 6) is 0.585. The van der Waals surface area contributed by atoms with Crippen molar-refractivity contribution in [1.82, 2.24) is 19.8 Å². The average molecular weight is 290 g/mol. The van der Waals surface area contributed by atoms with Crippen LogP contribution in [0.5, 0.6) is 0 Å². The Balaban J connectivity index is 1.78. The van der Waals surface area contributed by atoms with Crippen LogP contribution in [-0.2, 0) is 4.79 Å². The lowest BCUT2D eigenvalue weighted by atomic mass is 9.88. The summed E-state index contributed by atoms with van der Waals surface area (Å²) in [6, 6.07) is 0.249. The third-order valence-corrected chi connectivity index (χ3v) is 4.75. The second kappa shape index (κ2) is 5.87. The molecule has 0 bridgehead atoms. The quantitative estimate of drug-likeness (QED) is 0.847. The number of nitrogens with one attached hydrogen (secondary N) is 1. The summed E-state index contributed by atoms with van der Waals surface area (Å²) in [6.07, 6.45) is 7.27. The minimum atomic E-state index is 0.0423. The standard InChI is InChI=1S/C15H22N4O2/c1-11(20)18-7-5-14-12(9-18)4-2-3-6-19(14)15(21)13-8-16-10-17-13/h8,10,12,14H,2-7,9H2,1H3,(H,16,17)/t12-,14-/m1/s1. The maximum atomic E-state index is 12.7. The normalized spacial score (nSPS) is 26.1. The first-order valence-corrected chi connectivity index (χ1v) is 7.71. The molecule has 3 rings (SSSR count). The van der Waals surface area contributed by atoms with Crippen molar-refractivity contribution in [2.45, 2.75) is 38.6 Å². The van der Waals surface area contributed by atoms with Crippen LogP contribution in [0.2, 0.25) is 0 Å². The Morgan fingerprint density at radius 1 is 1.29 bits per heavy atom. The molecule has 2 saturated heterocycles. The van der Waals surface area contributed by atoms with E-state index in [4.69, 9.17) is 0 Å². The van der Waals surface area contributed by atoms with Gasteiger partial charge in [-0.15, -0.1) is 0 Å². The third kappa shape index (κ3) is 2.80. The van der Waals surface area contributed by atoms with Gasteiger partial charge in [0.2, 0.25) is 5.91 Å². The lowest BCUT2D eigenvalue weighted by Gasteiger charge is -2.42. The monoisotopic (exact) mass is 290 g/mol. The third-order valence-electron chi connectivity index (χ3n) is 4.75. The Labute approximate surface area is 124 Å². The van der Waals surface area contributed by atoms with E-state index >= 15 is 0 Å². The van der Waals surface area contributed by atoms with E-state index in [0.717, 1.165) is 45.3 Å². The van der Waals surface area contributed by atoms with Crippen LogP contribution in [0.4, 0.5) is 0 Å². The molecule has 114 valence electrons. The molecule has 1 aromatic heterocycles. The molecule has 2 amide bonds. The topological polar surface area (TPSA) is 69.3 Å². The summed E-state index contributed by atoms with van der Waals surface area (Å²) in [6.45, 7) is 3.97. The van der Waals surface area contributed by atoms with Crippen molar-refractivity contribution < 1.29 is 9.59 Å². The molecular formula is C15H22N4O2. The number of piperidine rings is 1. The van der Waals surface area contributed by atoms with Crippen molar-refractivity contribution in [3.05, 3.63) is 18.2 Å². The average Bonchev–Trinajstić information content (AvgIpc) is 2.93. The van der Waals surface area contributed by atoms with Crippen LogP contribution in [0.15, 0.2) is 12.5 Å². The van der Waals surface area contributed by atoms with Gasteiger partial charge in [-0.3, -0.25) is 9.59 Å². The maximum absolute atomic E-state index is 12.7. The number of aromatic nitrogens is 2. The van der Waals surface area contributed by atoms with Gasteiger partial charge in [-0.05, 0) is 25.2 Å². The van der Waals surface area contributed by atoms with Crippen molar-refractivity contribution >= 4 is 11.8 Å². The minimum absolute atomic E-state index is 0.0423. The first kappa shape index (κ1) is 14.1. The van der Waals surface area contributed by atoms with Crippen LogP contribution in [-0.4, -0.2) is 57.3 Å². The molecule has 1 aromatic rings. The van der Waals surface area contributed by atoms with Crippen LogP contribution in [0.3, 0.4) is 0 Å². The molecule has 2 fully saturated rings. The van der Waals surface area contributed by atoms with E-state index in [9.17, 15) is 9.59 Å².